The molecule has 1 aliphatic heterocycles. The maximum atomic E-state index is 12.5. The number of nitro benzene ring substituents is 1. The Morgan fingerprint density at radius 3 is 2.57 bits per heavy atom. The molecule has 28 heavy (non-hydrogen) atoms. The minimum Gasteiger partial charge on any atom is -0.487 e. The third kappa shape index (κ3) is 5.05. The SMILES string of the molecule is CCOc1ccc(C(=O)Nc2ccc(CN3CCOCC3)cc2)cc1[N+](=O)[O-]. The summed E-state index contributed by atoms with van der Waals surface area (Å²) < 4.78 is 10.6. The van der Waals surface area contributed by atoms with Gasteiger partial charge >= 0.3 is 5.69 Å². The first-order valence-electron chi connectivity index (χ1n) is 9.18. The summed E-state index contributed by atoms with van der Waals surface area (Å²) in [5.74, 6) is -0.261. The monoisotopic (exact) mass is 385 g/mol. The average molecular weight is 385 g/mol. The predicted molar refractivity (Wildman–Crippen MR) is 105 cm³/mol. The van der Waals surface area contributed by atoms with Crippen LogP contribution in [0.1, 0.15) is 22.8 Å². The van der Waals surface area contributed by atoms with E-state index in [4.69, 9.17) is 9.47 Å². The lowest BCUT2D eigenvalue weighted by molar-refractivity contribution is -0.385. The van der Waals surface area contributed by atoms with E-state index in [-0.39, 0.29) is 17.0 Å². The van der Waals surface area contributed by atoms with Crippen LogP contribution >= 0.6 is 0 Å². The number of carbonyl (C=O) groups is 1. The molecule has 0 unspecified atom stereocenters. The van der Waals surface area contributed by atoms with E-state index in [0.29, 0.717) is 12.3 Å². The molecular formula is C20H23N3O5. The van der Waals surface area contributed by atoms with Gasteiger partial charge in [0.05, 0.1) is 24.7 Å². The molecule has 0 aliphatic carbocycles. The molecule has 0 aromatic heterocycles. The molecule has 0 radical (unpaired) electrons. The van der Waals surface area contributed by atoms with Crippen molar-refractivity contribution >= 4 is 17.3 Å². The molecule has 1 saturated heterocycles. The van der Waals surface area contributed by atoms with Gasteiger partial charge in [-0.3, -0.25) is 19.8 Å². The second-order valence-corrected chi connectivity index (χ2v) is 6.41. The third-order valence-corrected chi connectivity index (χ3v) is 4.44. The molecule has 8 heteroatoms. The van der Waals surface area contributed by atoms with Gasteiger partial charge < -0.3 is 14.8 Å². The minimum atomic E-state index is -0.553. The van der Waals surface area contributed by atoms with Crippen LogP contribution in [0.2, 0.25) is 0 Å². The van der Waals surface area contributed by atoms with Gasteiger partial charge in [0.2, 0.25) is 0 Å². The molecule has 2 aromatic rings. The first-order valence-corrected chi connectivity index (χ1v) is 9.18. The Labute approximate surface area is 163 Å². The zero-order valence-electron chi connectivity index (χ0n) is 15.7. The van der Waals surface area contributed by atoms with Crippen LogP contribution in [-0.2, 0) is 11.3 Å². The van der Waals surface area contributed by atoms with Gasteiger partial charge in [0.1, 0.15) is 0 Å². The summed E-state index contributed by atoms with van der Waals surface area (Å²) in [5.41, 5.74) is 1.76. The molecule has 1 heterocycles. The third-order valence-electron chi connectivity index (χ3n) is 4.44. The molecule has 0 saturated carbocycles. The molecule has 0 bridgehead atoms. The van der Waals surface area contributed by atoms with Gasteiger partial charge in [-0.05, 0) is 36.8 Å². The van der Waals surface area contributed by atoms with Gasteiger partial charge in [-0.25, -0.2) is 0 Å². The fourth-order valence-corrected chi connectivity index (χ4v) is 2.99. The van der Waals surface area contributed by atoms with Crippen molar-refractivity contribution in [1.29, 1.82) is 0 Å². The largest absolute Gasteiger partial charge is 0.487 e. The summed E-state index contributed by atoms with van der Waals surface area (Å²) in [6.07, 6.45) is 0. The normalized spacial score (nSPS) is 14.5. The Balaban J connectivity index is 1.65. The second-order valence-electron chi connectivity index (χ2n) is 6.41. The van der Waals surface area contributed by atoms with Gasteiger partial charge in [-0.15, -0.1) is 0 Å². The van der Waals surface area contributed by atoms with Gasteiger partial charge in [0.15, 0.2) is 5.75 Å². The van der Waals surface area contributed by atoms with Crippen LogP contribution < -0.4 is 10.1 Å². The Hall–Kier alpha value is -2.97. The van der Waals surface area contributed by atoms with Crippen LogP contribution in [0.15, 0.2) is 42.5 Å². The number of nitrogens with zero attached hydrogens (tertiary/aromatic N) is 2. The van der Waals surface area contributed by atoms with E-state index in [1.54, 1.807) is 6.92 Å². The lowest BCUT2D eigenvalue weighted by Gasteiger charge is -2.26. The van der Waals surface area contributed by atoms with Crippen LogP contribution in [0.5, 0.6) is 5.75 Å². The van der Waals surface area contributed by atoms with Gasteiger partial charge in [0, 0.05) is 37.0 Å². The highest BCUT2D eigenvalue weighted by Crippen LogP contribution is 2.28. The molecule has 2 aromatic carbocycles. The highest BCUT2D eigenvalue weighted by Gasteiger charge is 2.19. The molecule has 1 amide bonds. The smallest absolute Gasteiger partial charge is 0.311 e. The number of rotatable bonds is 7. The summed E-state index contributed by atoms with van der Waals surface area (Å²) in [4.78, 5) is 25.4. The summed E-state index contributed by atoms with van der Waals surface area (Å²) in [7, 11) is 0. The van der Waals surface area contributed by atoms with Crippen molar-refractivity contribution < 1.29 is 19.2 Å². The number of benzene rings is 2. The number of amides is 1. The fourth-order valence-electron chi connectivity index (χ4n) is 2.99. The number of morpholine rings is 1. The summed E-state index contributed by atoms with van der Waals surface area (Å²) in [6.45, 7) is 6.22. The van der Waals surface area contributed by atoms with Crippen molar-refractivity contribution in [2.24, 2.45) is 0 Å². The standard InChI is InChI=1S/C20H23N3O5/c1-2-28-19-8-5-16(13-18(19)23(25)26)20(24)21-17-6-3-15(4-7-17)14-22-9-11-27-12-10-22/h3-8,13H,2,9-12,14H2,1H3,(H,21,24). The number of hydrogen-bond acceptors (Lipinski definition) is 6. The van der Waals surface area contributed by atoms with Crippen molar-refractivity contribution in [3.63, 3.8) is 0 Å². The van der Waals surface area contributed by atoms with Crippen LogP contribution in [0.25, 0.3) is 0 Å². The number of carbonyl (C=O) groups excluding carboxylic acids is 1. The Bertz CT molecular complexity index is 832. The van der Waals surface area contributed by atoms with Crippen molar-refractivity contribution in [2.45, 2.75) is 13.5 Å². The van der Waals surface area contributed by atoms with Crippen LogP contribution in [0.4, 0.5) is 11.4 Å². The van der Waals surface area contributed by atoms with E-state index in [0.717, 1.165) is 38.4 Å². The quantitative estimate of drug-likeness (QED) is 0.581. The first-order chi connectivity index (χ1) is 13.6. The van der Waals surface area contributed by atoms with Crippen LogP contribution in [-0.4, -0.2) is 48.6 Å². The average Bonchev–Trinajstić information content (AvgIpc) is 2.70. The van der Waals surface area contributed by atoms with E-state index in [9.17, 15) is 14.9 Å². The van der Waals surface area contributed by atoms with Crippen molar-refractivity contribution in [1.82, 2.24) is 4.90 Å². The number of anilines is 1. The maximum absolute atomic E-state index is 12.5. The fraction of sp³-hybridized carbons (Fsp3) is 0.350. The lowest BCUT2D eigenvalue weighted by atomic mass is 10.1. The number of ether oxygens (including phenoxy) is 2. The van der Waals surface area contributed by atoms with Crippen molar-refractivity contribution in [3.05, 3.63) is 63.7 Å². The Morgan fingerprint density at radius 1 is 1.21 bits per heavy atom. The molecule has 148 valence electrons. The molecule has 8 nitrogen and oxygen atoms in total. The number of hydrogen-bond donors (Lipinski definition) is 1. The molecule has 1 N–H and O–H groups in total. The maximum Gasteiger partial charge on any atom is 0.311 e. The Kier molecular flexibility index (Phi) is 6.57. The first kappa shape index (κ1) is 19.8. The summed E-state index contributed by atoms with van der Waals surface area (Å²) in [6, 6.07) is 11.8. The van der Waals surface area contributed by atoms with E-state index < -0.39 is 10.8 Å². The zero-order chi connectivity index (χ0) is 19.9. The molecule has 1 fully saturated rings. The van der Waals surface area contributed by atoms with Gasteiger partial charge in [-0.1, -0.05) is 12.1 Å². The van der Waals surface area contributed by atoms with E-state index >= 15 is 0 Å². The zero-order valence-corrected chi connectivity index (χ0v) is 15.7. The van der Waals surface area contributed by atoms with Crippen LogP contribution in [0, 0.1) is 10.1 Å². The Morgan fingerprint density at radius 2 is 1.93 bits per heavy atom. The molecule has 0 atom stereocenters. The number of nitro groups is 1. The minimum absolute atomic E-state index is 0.150. The predicted octanol–water partition coefficient (Wildman–Crippen LogP) is 3.08. The second kappa shape index (κ2) is 9.29. The molecule has 0 spiro atoms. The lowest BCUT2D eigenvalue weighted by Crippen LogP contribution is -2.35. The number of nitrogens with one attached hydrogen (secondary N) is 1. The van der Waals surface area contributed by atoms with Gasteiger partial charge in [0.25, 0.3) is 5.91 Å². The summed E-state index contributed by atoms with van der Waals surface area (Å²) >= 11 is 0. The van der Waals surface area contributed by atoms with E-state index in [1.807, 2.05) is 24.3 Å². The van der Waals surface area contributed by atoms with Crippen molar-refractivity contribution in [2.75, 3.05) is 38.2 Å². The molecule has 1 aliphatic rings. The van der Waals surface area contributed by atoms with E-state index in [2.05, 4.69) is 10.2 Å². The molecular weight excluding hydrogens is 362 g/mol. The highest BCUT2D eigenvalue weighted by molar-refractivity contribution is 6.04. The van der Waals surface area contributed by atoms with Crippen LogP contribution in [0.3, 0.4) is 0 Å². The topological polar surface area (TPSA) is 93.9 Å². The van der Waals surface area contributed by atoms with E-state index in [1.165, 1.54) is 18.2 Å². The summed E-state index contributed by atoms with van der Waals surface area (Å²) in [5, 5.41) is 14.0. The molecule has 3 rings (SSSR count). The highest BCUT2D eigenvalue weighted by atomic mass is 16.6. The van der Waals surface area contributed by atoms with Crippen molar-refractivity contribution in [3.8, 4) is 5.75 Å². The van der Waals surface area contributed by atoms with Gasteiger partial charge in [-0.2, -0.15) is 0 Å².